The topological polar surface area (TPSA) is 40.5 Å². The number of piperidine rings is 1. The van der Waals surface area contributed by atoms with Gasteiger partial charge in [0.15, 0.2) is 6.29 Å². The third-order valence-electron chi connectivity index (χ3n) is 4.88. The van der Waals surface area contributed by atoms with Crippen LogP contribution in [0.15, 0.2) is 18.2 Å². The van der Waals surface area contributed by atoms with E-state index in [0.717, 1.165) is 50.9 Å². The standard InChI is InChI=1S/C16H20FNO2/c17-14-4-5-15(12(9-14)11-19)18-8-7-16(20)6-2-1-3-13(16)10-18/h4-5,9,11,13,20H,1-3,6-8,10H2. The van der Waals surface area contributed by atoms with Crippen molar-refractivity contribution in [1.82, 2.24) is 0 Å². The molecule has 2 atom stereocenters. The van der Waals surface area contributed by atoms with Crippen LogP contribution in [0.2, 0.25) is 0 Å². The summed E-state index contributed by atoms with van der Waals surface area (Å²) in [5, 5.41) is 10.7. The fourth-order valence-corrected chi connectivity index (χ4v) is 3.70. The van der Waals surface area contributed by atoms with Crippen LogP contribution in [0, 0.1) is 11.7 Å². The summed E-state index contributed by atoms with van der Waals surface area (Å²) >= 11 is 0. The molecule has 0 spiro atoms. The molecule has 1 saturated heterocycles. The largest absolute Gasteiger partial charge is 0.389 e. The van der Waals surface area contributed by atoms with E-state index in [2.05, 4.69) is 4.90 Å². The molecule has 0 bridgehead atoms. The van der Waals surface area contributed by atoms with Gasteiger partial charge < -0.3 is 10.0 Å². The Labute approximate surface area is 118 Å². The van der Waals surface area contributed by atoms with Crippen LogP contribution in [-0.2, 0) is 0 Å². The molecule has 0 amide bonds. The molecule has 1 aromatic carbocycles. The smallest absolute Gasteiger partial charge is 0.152 e. The first kappa shape index (κ1) is 13.6. The van der Waals surface area contributed by atoms with Gasteiger partial charge in [-0.3, -0.25) is 4.79 Å². The van der Waals surface area contributed by atoms with E-state index in [1.54, 1.807) is 6.07 Å². The summed E-state index contributed by atoms with van der Waals surface area (Å²) in [6.45, 7) is 1.47. The first-order valence-corrected chi connectivity index (χ1v) is 7.34. The van der Waals surface area contributed by atoms with Gasteiger partial charge in [-0.2, -0.15) is 0 Å². The molecule has 1 N–H and O–H groups in total. The highest BCUT2D eigenvalue weighted by Crippen LogP contribution is 2.41. The molecule has 0 aromatic heterocycles. The summed E-state index contributed by atoms with van der Waals surface area (Å²) in [6, 6.07) is 4.35. The minimum Gasteiger partial charge on any atom is -0.389 e. The monoisotopic (exact) mass is 277 g/mol. The second kappa shape index (κ2) is 5.17. The molecule has 1 aromatic rings. The molecule has 4 heteroatoms. The average molecular weight is 277 g/mol. The molecule has 2 aliphatic rings. The number of benzene rings is 1. The number of hydrogen-bond acceptors (Lipinski definition) is 3. The summed E-state index contributed by atoms with van der Waals surface area (Å²) in [5.74, 6) is -0.128. The molecule has 1 heterocycles. The zero-order valence-corrected chi connectivity index (χ0v) is 11.5. The second-order valence-electron chi connectivity index (χ2n) is 6.06. The zero-order valence-electron chi connectivity index (χ0n) is 11.5. The number of hydrogen-bond donors (Lipinski definition) is 1. The van der Waals surface area contributed by atoms with Gasteiger partial charge in [-0.1, -0.05) is 12.8 Å². The number of aliphatic hydroxyl groups is 1. The van der Waals surface area contributed by atoms with E-state index in [-0.39, 0.29) is 11.7 Å². The van der Waals surface area contributed by atoms with Gasteiger partial charge in [-0.25, -0.2) is 4.39 Å². The van der Waals surface area contributed by atoms with E-state index in [0.29, 0.717) is 11.8 Å². The highest BCUT2D eigenvalue weighted by atomic mass is 19.1. The quantitative estimate of drug-likeness (QED) is 0.845. The molecule has 3 rings (SSSR count). The lowest BCUT2D eigenvalue weighted by atomic mass is 9.71. The number of aldehydes is 1. The number of carbonyl (C=O) groups is 1. The molecule has 2 fully saturated rings. The lowest BCUT2D eigenvalue weighted by Gasteiger charge is -2.48. The van der Waals surface area contributed by atoms with Gasteiger partial charge in [0.2, 0.25) is 0 Å². The Kier molecular flexibility index (Phi) is 3.50. The van der Waals surface area contributed by atoms with Crippen molar-refractivity contribution in [3.8, 4) is 0 Å². The predicted octanol–water partition coefficient (Wildman–Crippen LogP) is 2.77. The maximum Gasteiger partial charge on any atom is 0.152 e. The summed E-state index contributed by atoms with van der Waals surface area (Å²) in [4.78, 5) is 13.2. The summed E-state index contributed by atoms with van der Waals surface area (Å²) in [7, 11) is 0. The maximum absolute atomic E-state index is 13.2. The van der Waals surface area contributed by atoms with Crippen molar-refractivity contribution >= 4 is 12.0 Å². The number of carbonyl (C=O) groups excluding carboxylic acids is 1. The first-order valence-electron chi connectivity index (χ1n) is 7.34. The van der Waals surface area contributed by atoms with Gasteiger partial charge in [0.05, 0.1) is 5.60 Å². The normalized spacial score (nSPS) is 29.9. The van der Waals surface area contributed by atoms with E-state index >= 15 is 0 Å². The van der Waals surface area contributed by atoms with Crippen molar-refractivity contribution in [2.24, 2.45) is 5.92 Å². The summed E-state index contributed by atoms with van der Waals surface area (Å²) in [6.07, 6.45) is 5.61. The first-order chi connectivity index (χ1) is 9.62. The van der Waals surface area contributed by atoms with Crippen molar-refractivity contribution in [2.45, 2.75) is 37.7 Å². The Morgan fingerprint density at radius 3 is 3.00 bits per heavy atom. The van der Waals surface area contributed by atoms with E-state index in [4.69, 9.17) is 0 Å². The molecule has 1 aliphatic carbocycles. The Morgan fingerprint density at radius 2 is 2.20 bits per heavy atom. The van der Waals surface area contributed by atoms with Crippen LogP contribution in [0.5, 0.6) is 0 Å². The number of fused-ring (bicyclic) bond motifs is 1. The van der Waals surface area contributed by atoms with Crippen molar-refractivity contribution in [2.75, 3.05) is 18.0 Å². The Morgan fingerprint density at radius 1 is 1.35 bits per heavy atom. The van der Waals surface area contributed by atoms with Crippen LogP contribution in [0.25, 0.3) is 0 Å². The van der Waals surface area contributed by atoms with Crippen molar-refractivity contribution in [3.05, 3.63) is 29.6 Å². The molecular weight excluding hydrogens is 257 g/mol. The van der Waals surface area contributed by atoms with Crippen LogP contribution in [0.1, 0.15) is 42.5 Å². The Bertz CT molecular complexity index is 519. The molecule has 20 heavy (non-hydrogen) atoms. The van der Waals surface area contributed by atoms with Gasteiger partial charge in [0.25, 0.3) is 0 Å². The molecule has 1 saturated carbocycles. The summed E-state index contributed by atoms with van der Waals surface area (Å²) < 4.78 is 13.2. The van der Waals surface area contributed by atoms with Gasteiger partial charge in [0.1, 0.15) is 5.82 Å². The minimum absolute atomic E-state index is 0.259. The second-order valence-corrected chi connectivity index (χ2v) is 6.06. The Hall–Kier alpha value is -1.42. The van der Waals surface area contributed by atoms with Crippen LogP contribution in [0.4, 0.5) is 10.1 Å². The molecule has 0 radical (unpaired) electrons. The molecule has 2 unspecified atom stereocenters. The third-order valence-corrected chi connectivity index (χ3v) is 4.88. The molecule has 108 valence electrons. The van der Waals surface area contributed by atoms with Crippen LogP contribution in [-0.4, -0.2) is 30.1 Å². The van der Waals surface area contributed by atoms with E-state index in [1.807, 2.05) is 0 Å². The van der Waals surface area contributed by atoms with E-state index in [9.17, 15) is 14.3 Å². The minimum atomic E-state index is -0.532. The van der Waals surface area contributed by atoms with Gasteiger partial charge >= 0.3 is 0 Å². The van der Waals surface area contributed by atoms with E-state index in [1.165, 1.54) is 12.1 Å². The van der Waals surface area contributed by atoms with Crippen molar-refractivity contribution < 1.29 is 14.3 Å². The van der Waals surface area contributed by atoms with Crippen molar-refractivity contribution in [3.63, 3.8) is 0 Å². The number of nitrogens with zero attached hydrogens (tertiary/aromatic N) is 1. The third kappa shape index (κ3) is 2.33. The summed E-state index contributed by atoms with van der Waals surface area (Å²) in [5.41, 5.74) is 0.649. The highest BCUT2D eigenvalue weighted by Gasteiger charge is 2.42. The maximum atomic E-state index is 13.2. The fourth-order valence-electron chi connectivity index (χ4n) is 3.70. The SMILES string of the molecule is O=Cc1cc(F)ccc1N1CCC2(O)CCCCC2C1. The molecule has 3 nitrogen and oxygen atoms in total. The average Bonchev–Trinajstić information content (AvgIpc) is 2.46. The lowest BCUT2D eigenvalue weighted by molar-refractivity contribution is -0.0612. The van der Waals surface area contributed by atoms with Crippen molar-refractivity contribution in [1.29, 1.82) is 0 Å². The zero-order chi connectivity index (χ0) is 14.2. The highest BCUT2D eigenvalue weighted by molar-refractivity contribution is 5.84. The van der Waals surface area contributed by atoms with Gasteiger partial charge in [-0.15, -0.1) is 0 Å². The van der Waals surface area contributed by atoms with E-state index < -0.39 is 5.60 Å². The Balaban J connectivity index is 1.84. The fraction of sp³-hybridized carbons (Fsp3) is 0.562. The van der Waals surface area contributed by atoms with Crippen LogP contribution >= 0.6 is 0 Å². The van der Waals surface area contributed by atoms with Crippen LogP contribution in [0.3, 0.4) is 0 Å². The number of rotatable bonds is 2. The molecule has 1 aliphatic heterocycles. The van der Waals surface area contributed by atoms with Crippen LogP contribution < -0.4 is 4.90 Å². The number of halogens is 1. The van der Waals surface area contributed by atoms with Gasteiger partial charge in [0, 0.05) is 30.3 Å². The molecular formula is C16H20FNO2. The van der Waals surface area contributed by atoms with Gasteiger partial charge in [-0.05, 0) is 37.5 Å². The predicted molar refractivity (Wildman–Crippen MR) is 75.5 cm³/mol. The lowest BCUT2D eigenvalue weighted by Crippen LogP contribution is -2.53. The number of anilines is 1.